The molecular formula is C25H24N2O. The van der Waals surface area contributed by atoms with Crippen LogP contribution < -0.4 is 5.32 Å². The van der Waals surface area contributed by atoms with Gasteiger partial charge in [-0.3, -0.25) is 9.79 Å². The molecule has 140 valence electrons. The van der Waals surface area contributed by atoms with Crippen LogP contribution in [0.15, 0.2) is 89.0 Å². The van der Waals surface area contributed by atoms with Crippen LogP contribution in [0, 0.1) is 5.92 Å². The van der Waals surface area contributed by atoms with Gasteiger partial charge in [-0.15, -0.1) is 0 Å². The number of aliphatic imine (C=N–C) groups is 1. The van der Waals surface area contributed by atoms with Gasteiger partial charge in [0, 0.05) is 16.9 Å². The first kappa shape index (κ1) is 17.2. The number of rotatable bonds is 3. The van der Waals surface area contributed by atoms with E-state index < -0.39 is 0 Å². The van der Waals surface area contributed by atoms with Gasteiger partial charge in [-0.1, -0.05) is 79.2 Å². The molecule has 1 fully saturated rings. The summed E-state index contributed by atoms with van der Waals surface area (Å²) in [6.07, 6.45) is 8.53. The molecule has 1 heterocycles. The summed E-state index contributed by atoms with van der Waals surface area (Å²) in [5.74, 6) is 1.07. The highest BCUT2D eigenvalue weighted by molar-refractivity contribution is 6.11. The molecule has 0 atom stereocenters. The average molecular weight is 368 g/mol. The van der Waals surface area contributed by atoms with Gasteiger partial charge >= 0.3 is 0 Å². The molecule has 2 aliphatic carbocycles. The number of hydrogen-bond acceptors (Lipinski definition) is 2. The van der Waals surface area contributed by atoms with Gasteiger partial charge in [0.1, 0.15) is 5.84 Å². The van der Waals surface area contributed by atoms with Crippen molar-refractivity contribution in [1.82, 2.24) is 5.32 Å². The molecule has 0 unspecified atom stereocenters. The highest BCUT2D eigenvalue weighted by Crippen LogP contribution is 2.44. The normalized spacial score (nSPS) is 20.4. The summed E-state index contributed by atoms with van der Waals surface area (Å²) in [4.78, 5) is 17.1. The molecule has 5 rings (SSSR count). The van der Waals surface area contributed by atoms with E-state index in [-0.39, 0.29) is 17.2 Å². The highest BCUT2D eigenvalue weighted by atomic mass is 16.2. The van der Waals surface area contributed by atoms with E-state index in [4.69, 9.17) is 0 Å². The number of amidine groups is 1. The Morgan fingerprint density at radius 1 is 0.964 bits per heavy atom. The van der Waals surface area contributed by atoms with Crippen molar-refractivity contribution in [3.05, 3.63) is 95.1 Å². The maximum absolute atomic E-state index is 12.4. The minimum absolute atomic E-state index is 0.134. The Kier molecular flexibility index (Phi) is 4.23. The van der Waals surface area contributed by atoms with Crippen LogP contribution in [-0.4, -0.2) is 18.3 Å². The predicted molar refractivity (Wildman–Crippen MR) is 112 cm³/mol. The van der Waals surface area contributed by atoms with Crippen LogP contribution in [0.1, 0.15) is 36.8 Å². The lowest BCUT2D eigenvalue weighted by Gasteiger charge is -2.35. The van der Waals surface area contributed by atoms with Gasteiger partial charge in [0.15, 0.2) is 0 Å². The van der Waals surface area contributed by atoms with E-state index in [1.54, 1.807) is 0 Å². The fraction of sp³-hybridized carbons (Fsp3) is 0.280. The molecule has 3 aliphatic rings. The Morgan fingerprint density at radius 3 is 2.18 bits per heavy atom. The zero-order chi connectivity index (χ0) is 19.0. The summed E-state index contributed by atoms with van der Waals surface area (Å²) in [6.45, 7) is 0.668. The number of allylic oxidation sites excluding steroid dienone is 1. The van der Waals surface area contributed by atoms with Crippen molar-refractivity contribution >= 4 is 11.7 Å². The molecule has 0 spiro atoms. The van der Waals surface area contributed by atoms with Crippen molar-refractivity contribution in [1.29, 1.82) is 0 Å². The second-order valence-electron chi connectivity index (χ2n) is 8.01. The summed E-state index contributed by atoms with van der Waals surface area (Å²) in [7, 11) is 0. The Hall–Kier alpha value is -2.94. The molecular weight excluding hydrogens is 344 g/mol. The number of benzene rings is 2. The van der Waals surface area contributed by atoms with Gasteiger partial charge in [-0.2, -0.15) is 0 Å². The van der Waals surface area contributed by atoms with Crippen LogP contribution in [-0.2, 0) is 10.2 Å². The molecule has 2 aromatic rings. The molecule has 1 amide bonds. The summed E-state index contributed by atoms with van der Waals surface area (Å²) in [6, 6.07) is 21.4. The number of nitrogens with zero attached hydrogens (tertiary/aromatic N) is 1. The molecule has 28 heavy (non-hydrogen) atoms. The smallest absolute Gasteiger partial charge is 0.228 e. The quantitative estimate of drug-likeness (QED) is 0.848. The van der Waals surface area contributed by atoms with Gasteiger partial charge in [-0.25, -0.2) is 0 Å². The second-order valence-corrected chi connectivity index (χ2v) is 8.01. The Balaban J connectivity index is 1.47. The number of hydrogen-bond donors (Lipinski definition) is 1. The summed E-state index contributed by atoms with van der Waals surface area (Å²) in [5.41, 5.74) is 4.80. The SMILES string of the molecule is O=C(NC1=NCC2=C1C=CC(c1ccccc1)(c1ccccc1)C2)C1CCC1. The fourth-order valence-electron chi connectivity index (χ4n) is 4.51. The zero-order valence-electron chi connectivity index (χ0n) is 15.9. The molecule has 3 nitrogen and oxygen atoms in total. The number of carbonyl (C=O) groups is 1. The van der Waals surface area contributed by atoms with Crippen molar-refractivity contribution in [2.45, 2.75) is 31.1 Å². The number of amides is 1. The third kappa shape index (κ3) is 2.82. The number of carbonyl (C=O) groups excluding carboxylic acids is 1. The van der Waals surface area contributed by atoms with Crippen molar-refractivity contribution in [3.63, 3.8) is 0 Å². The molecule has 0 bridgehead atoms. The van der Waals surface area contributed by atoms with Crippen molar-refractivity contribution in [2.24, 2.45) is 10.9 Å². The minimum Gasteiger partial charge on any atom is -0.310 e. The third-order valence-corrected chi connectivity index (χ3v) is 6.39. The topological polar surface area (TPSA) is 41.5 Å². The fourth-order valence-corrected chi connectivity index (χ4v) is 4.51. The maximum Gasteiger partial charge on any atom is 0.228 e. The van der Waals surface area contributed by atoms with E-state index in [0.717, 1.165) is 37.1 Å². The lowest BCUT2D eigenvalue weighted by molar-refractivity contribution is -0.125. The van der Waals surface area contributed by atoms with Crippen molar-refractivity contribution in [3.8, 4) is 0 Å². The summed E-state index contributed by atoms with van der Waals surface area (Å²) in [5, 5.41) is 3.09. The van der Waals surface area contributed by atoms with Crippen molar-refractivity contribution < 1.29 is 4.79 Å². The molecule has 0 saturated heterocycles. The first-order valence-electron chi connectivity index (χ1n) is 10.1. The number of nitrogens with one attached hydrogen (secondary N) is 1. The largest absolute Gasteiger partial charge is 0.310 e. The average Bonchev–Trinajstić information content (AvgIpc) is 3.09. The second kappa shape index (κ2) is 6.90. The van der Waals surface area contributed by atoms with Crippen LogP contribution >= 0.6 is 0 Å². The van der Waals surface area contributed by atoms with Crippen LogP contribution in [0.3, 0.4) is 0 Å². The zero-order valence-corrected chi connectivity index (χ0v) is 15.9. The lowest BCUT2D eigenvalue weighted by Crippen LogP contribution is -2.39. The van der Waals surface area contributed by atoms with Gasteiger partial charge < -0.3 is 5.32 Å². The minimum atomic E-state index is -0.190. The summed E-state index contributed by atoms with van der Waals surface area (Å²) < 4.78 is 0. The van der Waals surface area contributed by atoms with E-state index in [1.165, 1.54) is 16.7 Å². The molecule has 3 heteroatoms. The van der Waals surface area contributed by atoms with Crippen LogP contribution in [0.2, 0.25) is 0 Å². The first-order chi connectivity index (χ1) is 13.8. The monoisotopic (exact) mass is 368 g/mol. The van der Waals surface area contributed by atoms with E-state index in [1.807, 2.05) is 0 Å². The maximum atomic E-state index is 12.4. The van der Waals surface area contributed by atoms with Gasteiger partial charge in [0.25, 0.3) is 0 Å². The highest BCUT2D eigenvalue weighted by Gasteiger charge is 2.38. The van der Waals surface area contributed by atoms with Crippen molar-refractivity contribution in [2.75, 3.05) is 6.54 Å². The summed E-state index contributed by atoms with van der Waals surface area (Å²) >= 11 is 0. The molecule has 1 aliphatic heterocycles. The van der Waals surface area contributed by atoms with Crippen LogP contribution in [0.5, 0.6) is 0 Å². The molecule has 2 aromatic carbocycles. The van der Waals surface area contributed by atoms with Crippen LogP contribution in [0.4, 0.5) is 0 Å². The van der Waals surface area contributed by atoms with E-state index >= 15 is 0 Å². The predicted octanol–water partition coefficient (Wildman–Crippen LogP) is 4.56. The van der Waals surface area contributed by atoms with Gasteiger partial charge in [0.05, 0.1) is 6.54 Å². The standard InChI is InChI=1S/C25H24N2O/c28-24(18-8-7-9-18)27-23-22-14-15-25(16-19(22)17-26-23,20-10-3-1-4-11-20)21-12-5-2-6-13-21/h1-6,10-15,18H,7-9,16-17H2,(H,26,27,28). The molecule has 0 aromatic heterocycles. The van der Waals surface area contributed by atoms with Gasteiger partial charge in [-0.05, 0) is 36.0 Å². The molecule has 1 N–H and O–H groups in total. The molecule has 1 saturated carbocycles. The van der Waals surface area contributed by atoms with E-state index in [0.29, 0.717) is 6.54 Å². The van der Waals surface area contributed by atoms with Crippen LogP contribution in [0.25, 0.3) is 0 Å². The molecule has 0 radical (unpaired) electrons. The van der Waals surface area contributed by atoms with Gasteiger partial charge in [0.2, 0.25) is 5.91 Å². The first-order valence-corrected chi connectivity index (χ1v) is 10.1. The third-order valence-electron chi connectivity index (χ3n) is 6.39. The Bertz CT molecular complexity index is 942. The van der Waals surface area contributed by atoms with E-state index in [9.17, 15) is 4.79 Å². The van der Waals surface area contributed by atoms with E-state index in [2.05, 4.69) is 83.1 Å². The Morgan fingerprint density at radius 2 is 1.61 bits per heavy atom. The lowest BCUT2D eigenvalue weighted by atomic mass is 9.67. The Labute approximate surface area is 165 Å².